The molecule has 2 unspecified atom stereocenters. The van der Waals surface area contributed by atoms with Crippen molar-refractivity contribution >= 4 is 30.7 Å². The first-order chi connectivity index (χ1) is 10.2. The SMILES string of the molecule is CC1NCCN(C(=O)c2cccc(-n3cccn3)n2)C1C.Cl.Cl. The number of carbonyl (C=O) groups excluding carboxylic acids is 1. The number of nitrogens with one attached hydrogen (secondary N) is 1. The molecule has 1 fully saturated rings. The molecule has 126 valence electrons. The van der Waals surface area contributed by atoms with E-state index in [0.717, 1.165) is 6.54 Å². The number of pyridine rings is 1. The summed E-state index contributed by atoms with van der Waals surface area (Å²) in [5.41, 5.74) is 0.462. The van der Waals surface area contributed by atoms with Crippen molar-refractivity contribution < 1.29 is 4.79 Å². The molecule has 1 amide bonds. The smallest absolute Gasteiger partial charge is 0.272 e. The van der Waals surface area contributed by atoms with Crippen molar-refractivity contribution in [3.05, 3.63) is 42.4 Å². The van der Waals surface area contributed by atoms with Crippen molar-refractivity contribution in [1.82, 2.24) is 25.0 Å². The van der Waals surface area contributed by atoms with Crippen LogP contribution in [0.1, 0.15) is 24.3 Å². The molecule has 1 saturated heterocycles. The lowest BCUT2D eigenvalue weighted by atomic mass is 10.1. The molecule has 2 aromatic heterocycles. The minimum absolute atomic E-state index is 0. The number of halogens is 2. The van der Waals surface area contributed by atoms with E-state index in [-0.39, 0.29) is 42.8 Å². The molecule has 23 heavy (non-hydrogen) atoms. The lowest BCUT2D eigenvalue weighted by molar-refractivity contribution is 0.0597. The number of aromatic nitrogens is 3. The molecule has 0 saturated carbocycles. The minimum atomic E-state index is -0.0233. The quantitative estimate of drug-likeness (QED) is 0.891. The predicted molar refractivity (Wildman–Crippen MR) is 93.8 cm³/mol. The van der Waals surface area contributed by atoms with Crippen LogP contribution in [0.5, 0.6) is 0 Å². The molecule has 1 N–H and O–H groups in total. The summed E-state index contributed by atoms with van der Waals surface area (Å²) in [6.45, 7) is 5.68. The average molecular weight is 358 g/mol. The van der Waals surface area contributed by atoms with E-state index in [9.17, 15) is 4.79 Å². The van der Waals surface area contributed by atoms with Crippen LogP contribution >= 0.6 is 24.8 Å². The van der Waals surface area contributed by atoms with Gasteiger partial charge in [-0.15, -0.1) is 24.8 Å². The third-order valence-electron chi connectivity index (χ3n) is 3.99. The van der Waals surface area contributed by atoms with Gasteiger partial charge in [-0.05, 0) is 32.0 Å². The van der Waals surface area contributed by atoms with Gasteiger partial charge in [0.2, 0.25) is 0 Å². The Balaban J connectivity index is 0.00000132. The van der Waals surface area contributed by atoms with Gasteiger partial charge in [0, 0.05) is 37.6 Å². The number of amides is 1. The molecule has 0 bridgehead atoms. The summed E-state index contributed by atoms with van der Waals surface area (Å²) < 4.78 is 1.65. The van der Waals surface area contributed by atoms with Crippen LogP contribution < -0.4 is 5.32 Å². The fourth-order valence-corrected chi connectivity index (χ4v) is 2.56. The van der Waals surface area contributed by atoms with Gasteiger partial charge in [-0.1, -0.05) is 6.07 Å². The summed E-state index contributed by atoms with van der Waals surface area (Å²) >= 11 is 0. The summed E-state index contributed by atoms with van der Waals surface area (Å²) in [4.78, 5) is 19.0. The predicted octanol–water partition coefficient (Wildman–Crippen LogP) is 1.93. The van der Waals surface area contributed by atoms with Crippen molar-refractivity contribution in [2.45, 2.75) is 25.9 Å². The molecule has 0 aromatic carbocycles. The molecule has 0 aliphatic carbocycles. The van der Waals surface area contributed by atoms with E-state index < -0.39 is 0 Å². The standard InChI is InChI=1S/C15H19N5O.2ClH/c1-11-12(2)19(10-8-16-11)15(21)13-5-3-6-14(18-13)20-9-4-7-17-20;;/h3-7,9,11-12,16H,8,10H2,1-2H3;2*1H. The van der Waals surface area contributed by atoms with Gasteiger partial charge in [0.25, 0.3) is 5.91 Å². The highest BCUT2D eigenvalue weighted by atomic mass is 35.5. The lowest BCUT2D eigenvalue weighted by Gasteiger charge is -2.38. The van der Waals surface area contributed by atoms with E-state index in [0.29, 0.717) is 18.1 Å². The van der Waals surface area contributed by atoms with Crippen LogP contribution in [0, 0.1) is 0 Å². The Labute approximate surface area is 148 Å². The highest BCUT2D eigenvalue weighted by Crippen LogP contribution is 2.14. The monoisotopic (exact) mass is 357 g/mol. The van der Waals surface area contributed by atoms with Crippen LogP contribution in [-0.4, -0.2) is 50.7 Å². The number of piperazine rings is 1. The van der Waals surface area contributed by atoms with Gasteiger partial charge in [0.05, 0.1) is 0 Å². The summed E-state index contributed by atoms with van der Waals surface area (Å²) in [7, 11) is 0. The molecule has 0 radical (unpaired) electrons. The Bertz CT molecular complexity index is 635. The molecule has 1 aliphatic rings. The largest absolute Gasteiger partial charge is 0.332 e. The number of nitrogens with zero attached hydrogens (tertiary/aromatic N) is 4. The molecular formula is C15H21Cl2N5O. The summed E-state index contributed by atoms with van der Waals surface area (Å²) in [6, 6.07) is 7.71. The van der Waals surface area contributed by atoms with Crippen molar-refractivity contribution in [1.29, 1.82) is 0 Å². The van der Waals surface area contributed by atoms with E-state index >= 15 is 0 Å². The van der Waals surface area contributed by atoms with Crippen molar-refractivity contribution in [2.75, 3.05) is 13.1 Å². The number of carbonyl (C=O) groups is 1. The van der Waals surface area contributed by atoms with Crippen molar-refractivity contribution in [2.24, 2.45) is 0 Å². The normalized spacial score (nSPS) is 20.3. The van der Waals surface area contributed by atoms with E-state index in [1.807, 2.05) is 29.3 Å². The molecule has 0 spiro atoms. The highest BCUT2D eigenvalue weighted by molar-refractivity contribution is 5.92. The highest BCUT2D eigenvalue weighted by Gasteiger charge is 2.29. The average Bonchev–Trinajstić information content (AvgIpc) is 3.04. The van der Waals surface area contributed by atoms with Gasteiger partial charge in [-0.25, -0.2) is 9.67 Å². The van der Waals surface area contributed by atoms with E-state index in [4.69, 9.17) is 0 Å². The van der Waals surface area contributed by atoms with Crippen molar-refractivity contribution in [3.8, 4) is 5.82 Å². The lowest BCUT2D eigenvalue weighted by Crippen LogP contribution is -2.57. The molecule has 1 aliphatic heterocycles. The minimum Gasteiger partial charge on any atom is -0.332 e. The van der Waals surface area contributed by atoms with E-state index in [1.165, 1.54) is 0 Å². The van der Waals surface area contributed by atoms with Gasteiger partial charge in [-0.3, -0.25) is 4.79 Å². The second-order valence-electron chi connectivity index (χ2n) is 5.31. The van der Waals surface area contributed by atoms with E-state index in [2.05, 4.69) is 29.2 Å². The fraction of sp³-hybridized carbons (Fsp3) is 0.400. The Morgan fingerprint density at radius 3 is 2.74 bits per heavy atom. The zero-order chi connectivity index (χ0) is 14.8. The summed E-state index contributed by atoms with van der Waals surface area (Å²) in [6.07, 6.45) is 3.50. The number of hydrogen-bond donors (Lipinski definition) is 1. The van der Waals surface area contributed by atoms with Crippen LogP contribution in [0.2, 0.25) is 0 Å². The van der Waals surface area contributed by atoms with Gasteiger partial charge in [-0.2, -0.15) is 5.10 Å². The first-order valence-corrected chi connectivity index (χ1v) is 7.18. The molecule has 8 heteroatoms. The van der Waals surface area contributed by atoms with E-state index in [1.54, 1.807) is 16.9 Å². The number of hydrogen-bond acceptors (Lipinski definition) is 4. The Morgan fingerprint density at radius 2 is 2.04 bits per heavy atom. The van der Waals surface area contributed by atoms with Gasteiger partial charge >= 0.3 is 0 Å². The maximum Gasteiger partial charge on any atom is 0.272 e. The molecular weight excluding hydrogens is 337 g/mol. The maximum atomic E-state index is 12.7. The van der Waals surface area contributed by atoms with Gasteiger partial charge in [0.15, 0.2) is 5.82 Å². The second-order valence-corrected chi connectivity index (χ2v) is 5.31. The molecule has 6 nitrogen and oxygen atoms in total. The van der Waals surface area contributed by atoms with Crippen molar-refractivity contribution in [3.63, 3.8) is 0 Å². The molecule has 2 atom stereocenters. The zero-order valence-corrected chi connectivity index (χ0v) is 14.7. The van der Waals surface area contributed by atoms with Crippen LogP contribution in [0.15, 0.2) is 36.7 Å². The zero-order valence-electron chi connectivity index (χ0n) is 13.0. The first kappa shape index (κ1) is 19.4. The van der Waals surface area contributed by atoms with Gasteiger partial charge in [0.1, 0.15) is 5.69 Å². The first-order valence-electron chi connectivity index (χ1n) is 7.18. The Hall–Kier alpha value is -1.63. The Kier molecular flexibility index (Phi) is 7.00. The van der Waals surface area contributed by atoms with Crippen LogP contribution in [0.4, 0.5) is 0 Å². The van der Waals surface area contributed by atoms with Crippen LogP contribution in [0.3, 0.4) is 0 Å². The fourth-order valence-electron chi connectivity index (χ4n) is 2.56. The third kappa shape index (κ3) is 4.02. The summed E-state index contributed by atoms with van der Waals surface area (Å²) in [5.74, 6) is 0.631. The topological polar surface area (TPSA) is 63.1 Å². The van der Waals surface area contributed by atoms with Crippen LogP contribution in [0.25, 0.3) is 5.82 Å². The maximum absolute atomic E-state index is 12.7. The second kappa shape index (κ2) is 8.29. The number of rotatable bonds is 2. The summed E-state index contributed by atoms with van der Waals surface area (Å²) in [5, 5.41) is 7.52. The molecule has 3 heterocycles. The Morgan fingerprint density at radius 1 is 1.26 bits per heavy atom. The molecule has 2 aromatic rings. The van der Waals surface area contributed by atoms with Gasteiger partial charge < -0.3 is 10.2 Å². The third-order valence-corrected chi connectivity index (χ3v) is 3.99. The van der Waals surface area contributed by atoms with Crippen LogP contribution in [-0.2, 0) is 0 Å². The molecule has 3 rings (SSSR count).